The second kappa shape index (κ2) is 9.22. The third-order valence-electron chi connectivity index (χ3n) is 5.11. The summed E-state index contributed by atoms with van der Waals surface area (Å²) in [6, 6.07) is 20.0. The minimum atomic E-state index is -0.377. The van der Waals surface area contributed by atoms with E-state index in [0.717, 1.165) is 12.0 Å². The van der Waals surface area contributed by atoms with Crippen molar-refractivity contribution in [2.45, 2.75) is 13.0 Å². The maximum Gasteiger partial charge on any atom is 0.258 e. The third kappa shape index (κ3) is 4.70. The van der Waals surface area contributed by atoms with Crippen LogP contribution in [0, 0.1) is 0 Å². The molecule has 6 nitrogen and oxygen atoms in total. The smallest absolute Gasteiger partial charge is 0.258 e. The van der Waals surface area contributed by atoms with Crippen molar-refractivity contribution in [3.05, 3.63) is 105 Å². The monoisotopic (exact) mass is 426 g/mol. The van der Waals surface area contributed by atoms with Gasteiger partial charge in [0.1, 0.15) is 0 Å². The molecule has 4 N–H and O–H groups in total. The zero-order chi connectivity index (χ0) is 22.5. The van der Waals surface area contributed by atoms with Gasteiger partial charge >= 0.3 is 0 Å². The van der Waals surface area contributed by atoms with E-state index in [-0.39, 0.29) is 29.5 Å². The number of aliphatic imine (C=N–C) groups is 1. The van der Waals surface area contributed by atoms with Crippen molar-refractivity contribution in [1.82, 2.24) is 4.98 Å². The van der Waals surface area contributed by atoms with Crippen LogP contribution in [-0.4, -0.2) is 26.5 Å². The average molecular weight is 426 g/mol. The van der Waals surface area contributed by atoms with Crippen LogP contribution in [0.3, 0.4) is 0 Å². The summed E-state index contributed by atoms with van der Waals surface area (Å²) >= 11 is 0. The van der Waals surface area contributed by atoms with Crippen molar-refractivity contribution in [2.24, 2.45) is 4.99 Å². The fraction of sp³-hybridized carbons (Fsp3) is 0.0769. The number of allylic oxidation sites excluding steroid dienone is 1. The van der Waals surface area contributed by atoms with Crippen molar-refractivity contribution >= 4 is 23.1 Å². The third-order valence-corrected chi connectivity index (χ3v) is 5.11. The molecule has 160 valence electrons. The van der Waals surface area contributed by atoms with E-state index >= 15 is 0 Å². The first-order valence-corrected chi connectivity index (χ1v) is 10.1. The molecule has 0 unspecified atom stereocenters. The fourth-order valence-electron chi connectivity index (χ4n) is 3.44. The van der Waals surface area contributed by atoms with Gasteiger partial charge in [0, 0.05) is 17.0 Å². The molecule has 1 heterocycles. The van der Waals surface area contributed by atoms with E-state index < -0.39 is 0 Å². The highest BCUT2D eigenvalue weighted by Crippen LogP contribution is 2.26. The summed E-state index contributed by atoms with van der Waals surface area (Å²) in [5.74, 6) is -0.679. The lowest BCUT2D eigenvalue weighted by molar-refractivity contribution is 0.403. The Kier molecular flexibility index (Phi) is 6.03. The van der Waals surface area contributed by atoms with Crippen LogP contribution in [0.5, 0.6) is 17.4 Å². The molecule has 0 aliphatic heterocycles. The summed E-state index contributed by atoms with van der Waals surface area (Å²) in [6.07, 6.45) is 6.31. The summed E-state index contributed by atoms with van der Waals surface area (Å²) in [5.41, 5.74) is 2.82. The Morgan fingerprint density at radius 3 is 2.44 bits per heavy atom. The van der Waals surface area contributed by atoms with Crippen LogP contribution in [0.2, 0.25) is 0 Å². The first-order chi connectivity index (χ1) is 15.5. The van der Waals surface area contributed by atoms with Gasteiger partial charge in [0.05, 0.1) is 12.1 Å². The van der Waals surface area contributed by atoms with Crippen LogP contribution in [-0.2, 0) is 13.0 Å². The number of phenolic OH excluding ortho intramolecular Hbond substituents is 2. The van der Waals surface area contributed by atoms with Crippen molar-refractivity contribution in [3.8, 4) is 17.4 Å². The van der Waals surface area contributed by atoms with Gasteiger partial charge in [0.25, 0.3) is 5.56 Å². The van der Waals surface area contributed by atoms with E-state index in [4.69, 9.17) is 0 Å². The number of aromatic amines is 1. The summed E-state index contributed by atoms with van der Waals surface area (Å²) in [6.45, 7) is 0.227. The van der Waals surface area contributed by atoms with Crippen LogP contribution >= 0.6 is 0 Å². The first kappa shape index (κ1) is 20.9. The number of hydrogen-bond donors (Lipinski definition) is 4. The maximum atomic E-state index is 12.3. The number of aromatic hydroxyl groups is 3. The highest BCUT2D eigenvalue weighted by atomic mass is 16.3. The summed E-state index contributed by atoms with van der Waals surface area (Å²) < 4.78 is 0. The van der Waals surface area contributed by atoms with Crippen molar-refractivity contribution in [1.29, 1.82) is 0 Å². The highest BCUT2D eigenvalue weighted by molar-refractivity contribution is 6.02. The number of H-pyrrole nitrogens is 1. The fourth-order valence-corrected chi connectivity index (χ4v) is 3.44. The largest absolute Gasteiger partial charge is 0.504 e. The molecule has 0 spiro atoms. The number of hydrogen-bond acceptors (Lipinski definition) is 5. The lowest BCUT2D eigenvalue weighted by Crippen LogP contribution is -2.08. The van der Waals surface area contributed by atoms with Gasteiger partial charge in [0.2, 0.25) is 5.88 Å². The molecule has 0 fully saturated rings. The van der Waals surface area contributed by atoms with Gasteiger partial charge in [-0.1, -0.05) is 54.6 Å². The van der Waals surface area contributed by atoms with Gasteiger partial charge in [-0.2, -0.15) is 0 Å². The molecule has 0 saturated heterocycles. The minimum absolute atomic E-state index is 0.199. The quantitative estimate of drug-likeness (QED) is 0.269. The molecule has 4 rings (SSSR count). The zero-order valence-electron chi connectivity index (χ0n) is 17.2. The summed E-state index contributed by atoms with van der Waals surface area (Å²) in [4.78, 5) is 19.1. The van der Waals surface area contributed by atoms with Crippen LogP contribution in [0.15, 0.2) is 82.6 Å². The maximum absolute atomic E-state index is 12.3. The number of aromatic nitrogens is 1. The Morgan fingerprint density at radius 2 is 1.66 bits per heavy atom. The number of pyridine rings is 1. The molecular formula is C26H22N2O4. The number of nitrogens with zero attached hydrogens (tertiary/aromatic N) is 1. The minimum Gasteiger partial charge on any atom is -0.504 e. The number of phenols is 2. The van der Waals surface area contributed by atoms with Crippen LogP contribution in [0.1, 0.15) is 22.3 Å². The van der Waals surface area contributed by atoms with Crippen LogP contribution in [0.4, 0.5) is 0 Å². The average Bonchev–Trinajstić information content (AvgIpc) is 2.79. The molecule has 6 heteroatoms. The Labute approximate surface area is 184 Å². The van der Waals surface area contributed by atoms with E-state index in [1.165, 1.54) is 23.9 Å². The molecule has 0 radical (unpaired) electrons. The molecule has 0 saturated carbocycles. The number of fused-ring (bicyclic) bond motifs is 1. The standard InChI is InChI=1S/C26H22N2O4/c29-23-12-10-19(14-24(23)30)15-27-16-22-21-13-18(8-4-7-17-5-2-1-3-6-17)9-11-20(21)25(31)28-26(22)32/h1-6,8-14,16,29-30H,7,15H2,(H2,28,31,32). The first-order valence-electron chi connectivity index (χ1n) is 10.1. The number of nitrogens with one attached hydrogen (secondary N) is 1. The van der Waals surface area contributed by atoms with Gasteiger partial charge in [-0.05, 0) is 47.4 Å². The molecule has 0 amide bonds. The molecule has 0 atom stereocenters. The summed E-state index contributed by atoms with van der Waals surface area (Å²) in [7, 11) is 0. The Balaban J connectivity index is 1.62. The molecule has 0 aliphatic rings. The van der Waals surface area contributed by atoms with Crippen molar-refractivity contribution in [2.75, 3.05) is 0 Å². The lowest BCUT2D eigenvalue weighted by Gasteiger charge is -2.06. The molecule has 0 aliphatic carbocycles. The summed E-state index contributed by atoms with van der Waals surface area (Å²) in [5, 5.41) is 30.4. The number of rotatable bonds is 6. The molecule has 1 aromatic heterocycles. The van der Waals surface area contributed by atoms with E-state index in [0.29, 0.717) is 21.9 Å². The van der Waals surface area contributed by atoms with E-state index in [1.807, 2.05) is 36.4 Å². The molecular weight excluding hydrogens is 404 g/mol. The van der Waals surface area contributed by atoms with Crippen molar-refractivity contribution < 1.29 is 15.3 Å². The molecule has 4 aromatic rings. The predicted molar refractivity (Wildman–Crippen MR) is 126 cm³/mol. The second-order valence-electron chi connectivity index (χ2n) is 7.41. The SMILES string of the molecule is O=c1[nH]c(O)c(C=NCc2ccc(O)c(O)c2)c2cc(C=CCc3ccccc3)ccc12. The Morgan fingerprint density at radius 1 is 0.844 bits per heavy atom. The van der Waals surface area contributed by atoms with E-state index in [9.17, 15) is 20.1 Å². The van der Waals surface area contributed by atoms with Gasteiger partial charge in [-0.3, -0.25) is 14.8 Å². The predicted octanol–water partition coefficient (Wildman–Crippen LogP) is 4.52. The zero-order valence-corrected chi connectivity index (χ0v) is 17.2. The Hall–Kier alpha value is -4.32. The van der Waals surface area contributed by atoms with Crippen LogP contribution < -0.4 is 5.56 Å². The van der Waals surface area contributed by atoms with Gasteiger partial charge in [0.15, 0.2) is 11.5 Å². The normalized spacial score (nSPS) is 11.6. The topological polar surface area (TPSA) is 106 Å². The number of benzene rings is 3. The van der Waals surface area contributed by atoms with Gasteiger partial charge in [-0.25, -0.2) is 0 Å². The van der Waals surface area contributed by atoms with E-state index in [1.54, 1.807) is 12.1 Å². The Bertz CT molecular complexity index is 1370. The lowest BCUT2D eigenvalue weighted by atomic mass is 10.0. The second-order valence-corrected chi connectivity index (χ2v) is 7.41. The molecule has 32 heavy (non-hydrogen) atoms. The van der Waals surface area contributed by atoms with Gasteiger partial charge in [-0.15, -0.1) is 0 Å². The van der Waals surface area contributed by atoms with Crippen molar-refractivity contribution in [3.63, 3.8) is 0 Å². The molecule has 3 aromatic carbocycles. The van der Waals surface area contributed by atoms with Crippen LogP contribution in [0.25, 0.3) is 16.8 Å². The van der Waals surface area contributed by atoms with Gasteiger partial charge < -0.3 is 15.3 Å². The molecule has 0 bridgehead atoms. The van der Waals surface area contributed by atoms with E-state index in [2.05, 4.69) is 28.2 Å². The highest BCUT2D eigenvalue weighted by Gasteiger charge is 2.10.